The Hall–Kier alpha value is -2.88. The summed E-state index contributed by atoms with van der Waals surface area (Å²) in [4.78, 5) is 8.73. The van der Waals surface area contributed by atoms with Gasteiger partial charge in [0, 0.05) is 23.1 Å². The number of hydrogen-bond acceptors (Lipinski definition) is 4. The fourth-order valence-corrected chi connectivity index (χ4v) is 1.93. The third-order valence-corrected chi connectivity index (χ3v) is 2.87. The number of benzene rings is 2. The third-order valence-electron chi connectivity index (χ3n) is 2.87. The van der Waals surface area contributed by atoms with E-state index in [-0.39, 0.29) is 0 Å². The summed E-state index contributed by atoms with van der Waals surface area (Å²) in [5.74, 6) is 0.566. The lowest BCUT2D eigenvalue weighted by Gasteiger charge is -2.06. The Balaban J connectivity index is 1.90. The quantitative estimate of drug-likeness (QED) is 0.709. The highest BCUT2D eigenvalue weighted by Gasteiger charge is 2.03. The summed E-state index contributed by atoms with van der Waals surface area (Å²) in [5.41, 5.74) is 9.29. The molecule has 4 heteroatoms. The highest BCUT2D eigenvalue weighted by Crippen LogP contribution is 2.21. The molecule has 1 aromatic heterocycles. The van der Waals surface area contributed by atoms with Crippen LogP contribution in [0.4, 0.5) is 17.3 Å². The van der Waals surface area contributed by atoms with Gasteiger partial charge in [-0.2, -0.15) is 0 Å². The van der Waals surface area contributed by atoms with Crippen LogP contribution in [0.1, 0.15) is 0 Å². The average Bonchev–Trinajstić information content (AvgIpc) is 2.49. The molecular formula is C16H14N4. The first-order valence-electron chi connectivity index (χ1n) is 6.32. The number of nitrogens with one attached hydrogen (secondary N) is 1. The van der Waals surface area contributed by atoms with Crippen LogP contribution in [0.5, 0.6) is 0 Å². The third kappa shape index (κ3) is 2.75. The topological polar surface area (TPSA) is 63.8 Å². The molecule has 2 aromatic carbocycles. The fraction of sp³-hybridized carbons (Fsp3) is 0. The second kappa shape index (κ2) is 5.40. The summed E-state index contributed by atoms with van der Waals surface area (Å²) in [7, 11) is 0. The molecule has 0 spiro atoms. The van der Waals surface area contributed by atoms with Gasteiger partial charge in [0.1, 0.15) is 0 Å². The molecule has 0 aliphatic rings. The van der Waals surface area contributed by atoms with E-state index in [1.165, 1.54) is 0 Å². The molecule has 20 heavy (non-hydrogen) atoms. The van der Waals surface area contributed by atoms with Crippen molar-refractivity contribution in [1.29, 1.82) is 0 Å². The van der Waals surface area contributed by atoms with Gasteiger partial charge in [-0.3, -0.25) is 0 Å². The van der Waals surface area contributed by atoms with Crippen LogP contribution in [0.3, 0.4) is 0 Å². The molecule has 0 atom stereocenters. The number of hydrogen-bond donors (Lipinski definition) is 2. The van der Waals surface area contributed by atoms with Gasteiger partial charge in [-0.1, -0.05) is 30.3 Å². The van der Waals surface area contributed by atoms with E-state index < -0.39 is 0 Å². The van der Waals surface area contributed by atoms with Gasteiger partial charge in [0.2, 0.25) is 5.95 Å². The van der Waals surface area contributed by atoms with Gasteiger partial charge in [-0.05, 0) is 30.3 Å². The van der Waals surface area contributed by atoms with Gasteiger partial charge in [0.15, 0.2) is 0 Å². The molecule has 0 aliphatic heterocycles. The predicted molar refractivity (Wildman–Crippen MR) is 81.6 cm³/mol. The monoisotopic (exact) mass is 262 g/mol. The Labute approximate surface area is 117 Å². The molecule has 98 valence electrons. The smallest absolute Gasteiger partial charge is 0.227 e. The summed E-state index contributed by atoms with van der Waals surface area (Å²) in [6.07, 6.45) is 1.73. The molecule has 4 nitrogen and oxygen atoms in total. The van der Waals surface area contributed by atoms with E-state index in [1.54, 1.807) is 6.20 Å². The van der Waals surface area contributed by atoms with Gasteiger partial charge in [-0.25, -0.2) is 9.97 Å². The predicted octanol–water partition coefficient (Wildman–Crippen LogP) is 3.47. The first-order chi connectivity index (χ1) is 9.81. The number of rotatable bonds is 3. The number of nitrogens with zero attached hydrogens (tertiary/aromatic N) is 2. The Morgan fingerprint density at radius 3 is 2.55 bits per heavy atom. The van der Waals surface area contributed by atoms with Crippen molar-refractivity contribution in [3.05, 3.63) is 66.9 Å². The number of nitrogens with two attached hydrogens (primary N) is 1. The van der Waals surface area contributed by atoms with E-state index in [9.17, 15) is 0 Å². The van der Waals surface area contributed by atoms with E-state index >= 15 is 0 Å². The van der Waals surface area contributed by atoms with E-state index in [4.69, 9.17) is 5.73 Å². The summed E-state index contributed by atoms with van der Waals surface area (Å²) in [6.45, 7) is 0. The van der Waals surface area contributed by atoms with Crippen molar-refractivity contribution in [3.63, 3.8) is 0 Å². The lowest BCUT2D eigenvalue weighted by molar-refractivity contribution is 1.17. The van der Waals surface area contributed by atoms with Crippen LogP contribution in [0, 0.1) is 0 Å². The first kappa shape index (κ1) is 12.2. The van der Waals surface area contributed by atoms with Crippen molar-refractivity contribution >= 4 is 17.3 Å². The SMILES string of the molecule is Nc1cccc(-c2ccnc(Nc3ccccc3)n2)c1. The largest absolute Gasteiger partial charge is 0.399 e. The van der Waals surface area contributed by atoms with E-state index in [2.05, 4.69) is 15.3 Å². The van der Waals surface area contributed by atoms with Crippen LogP contribution in [-0.4, -0.2) is 9.97 Å². The minimum Gasteiger partial charge on any atom is -0.399 e. The molecule has 3 rings (SSSR count). The highest BCUT2D eigenvalue weighted by atomic mass is 15.1. The molecule has 1 heterocycles. The van der Waals surface area contributed by atoms with Gasteiger partial charge < -0.3 is 11.1 Å². The van der Waals surface area contributed by atoms with E-state index in [1.807, 2.05) is 60.7 Å². The Morgan fingerprint density at radius 1 is 0.900 bits per heavy atom. The maximum absolute atomic E-state index is 5.80. The molecule has 0 fully saturated rings. The van der Waals surface area contributed by atoms with Crippen molar-refractivity contribution in [3.8, 4) is 11.3 Å². The standard InChI is InChI=1S/C16H14N4/c17-13-6-4-5-12(11-13)15-9-10-18-16(20-15)19-14-7-2-1-3-8-14/h1-11H,17H2,(H,18,19,20). The van der Waals surface area contributed by atoms with Crippen molar-refractivity contribution in [2.45, 2.75) is 0 Å². The minimum absolute atomic E-state index is 0.566. The second-order valence-corrected chi connectivity index (χ2v) is 4.38. The van der Waals surface area contributed by atoms with Gasteiger partial charge in [0.05, 0.1) is 5.69 Å². The maximum Gasteiger partial charge on any atom is 0.227 e. The van der Waals surface area contributed by atoms with Crippen LogP contribution in [0.15, 0.2) is 66.9 Å². The first-order valence-corrected chi connectivity index (χ1v) is 6.32. The van der Waals surface area contributed by atoms with Crippen molar-refractivity contribution in [1.82, 2.24) is 9.97 Å². The summed E-state index contributed by atoms with van der Waals surface area (Å²) >= 11 is 0. The lowest BCUT2D eigenvalue weighted by Crippen LogP contribution is -1.97. The summed E-state index contributed by atoms with van der Waals surface area (Å²) in [6, 6.07) is 19.3. The van der Waals surface area contributed by atoms with Crippen molar-refractivity contribution in [2.24, 2.45) is 0 Å². The number of aromatic nitrogens is 2. The zero-order valence-corrected chi connectivity index (χ0v) is 10.8. The van der Waals surface area contributed by atoms with Crippen LogP contribution >= 0.6 is 0 Å². The number of nitrogen functional groups attached to an aromatic ring is 1. The Morgan fingerprint density at radius 2 is 1.75 bits per heavy atom. The number of para-hydroxylation sites is 1. The van der Waals surface area contributed by atoms with Gasteiger partial charge >= 0.3 is 0 Å². The normalized spacial score (nSPS) is 10.2. The van der Waals surface area contributed by atoms with Gasteiger partial charge in [0.25, 0.3) is 0 Å². The Bertz CT molecular complexity index is 710. The lowest BCUT2D eigenvalue weighted by atomic mass is 10.1. The van der Waals surface area contributed by atoms with E-state index in [0.717, 1.165) is 22.6 Å². The van der Waals surface area contributed by atoms with Crippen LogP contribution in [-0.2, 0) is 0 Å². The zero-order chi connectivity index (χ0) is 13.8. The molecule has 0 bridgehead atoms. The molecule has 0 saturated heterocycles. The van der Waals surface area contributed by atoms with Crippen LogP contribution in [0.2, 0.25) is 0 Å². The van der Waals surface area contributed by atoms with E-state index in [0.29, 0.717) is 5.95 Å². The Kier molecular flexibility index (Phi) is 3.29. The molecule has 0 radical (unpaired) electrons. The van der Waals surface area contributed by atoms with Crippen molar-refractivity contribution < 1.29 is 0 Å². The van der Waals surface area contributed by atoms with Crippen LogP contribution in [0.25, 0.3) is 11.3 Å². The zero-order valence-electron chi connectivity index (χ0n) is 10.8. The fourth-order valence-electron chi connectivity index (χ4n) is 1.93. The van der Waals surface area contributed by atoms with Crippen molar-refractivity contribution in [2.75, 3.05) is 11.1 Å². The molecule has 0 aliphatic carbocycles. The maximum atomic E-state index is 5.80. The molecule has 0 saturated carbocycles. The average molecular weight is 262 g/mol. The van der Waals surface area contributed by atoms with Crippen LogP contribution < -0.4 is 11.1 Å². The number of anilines is 3. The molecule has 0 amide bonds. The highest BCUT2D eigenvalue weighted by molar-refractivity contribution is 5.65. The summed E-state index contributed by atoms with van der Waals surface area (Å²) < 4.78 is 0. The van der Waals surface area contributed by atoms with Gasteiger partial charge in [-0.15, -0.1) is 0 Å². The molecule has 3 aromatic rings. The molecule has 0 unspecified atom stereocenters. The minimum atomic E-state index is 0.566. The summed E-state index contributed by atoms with van der Waals surface area (Å²) in [5, 5.41) is 3.18. The molecule has 3 N–H and O–H groups in total. The second-order valence-electron chi connectivity index (χ2n) is 4.38. The molecular weight excluding hydrogens is 248 g/mol.